The van der Waals surface area contributed by atoms with Crippen LogP contribution in [0.4, 0.5) is 4.39 Å². The Hall–Kier alpha value is -3.31. The van der Waals surface area contributed by atoms with Crippen LogP contribution >= 0.6 is 0 Å². The van der Waals surface area contributed by atoms with Gasteiger partial charge in [0.05, 0.1) is 49.6 Å². The number of imidazole rings is 1. The van der Waals surface area contributed by atoms with Crippen LogP contribution in [-0.2, 0) is 20.7 Å². The van der Waals surface area contributed by atoms with E-state index < -0.39 is 23.7 Å². The van der Waals surface area contributed by atoms with Crippen LogP contribution in [0.5, 0.6) is 0 Å². The highest BCUT2D eigenvalue weighted by molar-refractivity contribution is 5.95. The van der Waals surface area contributed by atoms with Crippen molar-refractivity contribution in [1.29, 1.82) is 0 Å². The standard InChI is InChI=1S/C28H34FN5O5/c1-2-21-20(15-39-33-21)27(35)32-24(16-5-3-4-6-16)26-30-22-8-7-17(23(29)25(22)31-26)18-13-38-14-19(18)28(36)34-9-11-37-12-10-34/h7-8,15-16,18-19,24H,2-6,9-14H2,1H3,(H,30,31)(H,32,35)/t18-,19-,24+/m1/s1. The molecule has 6 rings (SSSR count). The minimum absolute atomic E-state index is 0.0211. The molecule has 2 saturated heterocycles. The maximum absolute atomic E-state index is 16.0. The van der Waals surface area contributed by atoms with E-state index in [1.165, 1.54) is 6.26 Å². The minimum atomic E-state index is -0.450. The lowest BCUT2D eigenvalue weighted by Gasteiger charge is -2.30. The highest BCUT2D eigenvalue weighted by Gasteiger charge is 2.40. The Morgan fingerprint density at radius 3 is 2.74 bits per heavy atom. The normalized spacial score (nSPS) is 23.0. The van der Waals surface area contributed by atoms with Gasteiger partial charge in [-0.2, -0.15) is 0 Å². The fourth-order valence-electron chi connectivity index (χ4n) is 6.25. The van der Waals surface area contributed by atoms with Gasteiger partial charge in [0, 0.05) is 19.0 Å². The Kier molecular flexibility index (Phi) is 7.35. The van der Waals surface area contributed by atoms with Gasteiger partial charge in [-0.05, 0) is 36.8 Å². The lowest BCUT2D eigenvalue weighted by Crippen LogP contribution is -2.45. The average Bonchev–Trinajstić information content (AvgIpc) is 3.78. The average molecular weight is 540 g/mol. The zero-order chi connectivity index (χ0) is 26.9. The third-order valence-electron chi connectivity index (χ3n) is 8.44. The van der Waals surface area contributed by atoms with Crippen LogP contribution in [0.2, 0.25) is 0 Å². The monoisotopic (exact) mass is 539 g/mol. The first-order chi connectivity index (χ1) is 19.0. The van der Waals surface area contributed by atoms with Gasteiger partial charge in [0.15, 0.2) is 5.82 Å². The van der Waals surface area contributed by atoms with E-state index in [1.54, 1.807) is 11.0 Å². The molecule has 39 heavy (non-hydrogen) atoms. The molecular formula is C28H34FN5O5. The number of aryl methyl sites for hydroxylation is 1. The highest BCUT2D eigenvalue weighted by Crippen LogP contribution is 2.38. The van der Waals surface area contributed by atoms with Crippen molar-refractivity contribution in [2.24, 2.45) is 11.8 Å². The van der Waals surface area contributed by atoms with Crippen molar-refractivity contribution in [3.8, 4) is 0 Å². The molecule has 2 aliphatic heterocycles. The number of fused-ring (bicyclic) bond motifs is 1. The minimum Gasteiger partial charge on any atom is -0.380 e. The summed E-state index contributed by atoms with van der Waals surface area (Å²) in [5, 5.41) is 7.05. The topological polar surface area (TPSA) is 123 Å². The molecule has 11 heteroatoms. The molecule has 0 spiro atoms. The predicted octanol–water partition coefficient (Wildman–Crippen LogP) is 3.50. The van der Waals surface area contributed by atoms with Gasteiger partial charge in [0.25, 0.3) is 5.91 Å². The summed E-state index contributed by atoms with van der Waals surface area (Å²) in [4.78, 5) is 36.2. The number of hydrogen-bond donors (Lipinski definition) is 2. The summed E-state index contributed by atoms with van der Waals surface area (Å²) in [5.41, 5.74) is 2.20. The van der Waals surface area contributed by atoms with E-state index in [-0.39, 0.29) is 36.5 Å². The van der Waals surface area contributed by atoms with E-state index in [2.05, 4.69) is 20.4 Å². The summed E-state index contributed by atoms with van der Waals surface area (Å²) in [6, 6.07) is 3.13. The molecule has 1 aromatic carbocycles. The fourth-order valence-corrected chi connectivity index (χ4v) is 6.25. The van der Waals surface area contributed by atoms with Crippen molar-refractivity contribution in [2.75, 3.05) is 39.5 Å². The molecule has 2 amide bonds. The van der Waals surface area contributed by atoms with Gasteiger partial charge in [0.2, 0.25) is 5.91 Å². The summed E-state index contributed by atoms with van der Waals surface area (Å²) < 4.78 is 32.1. The zero-order valence-electron chi connectivity index (χ0n) is 22.1. The largest absolute Gasteiger partial charge is 0.380 e. The lowest BCUT2D eigenvalue weighted by molar-refractivity contribution is -0.140. The Bertz CT molecular complexity index is 1340. The number of ether oxygens (including phenoxy) is 2. The molecule has 2 N–H and O–H groups in total. The van der Waals surface area contributed by atoms with E-state index >= 15 is 4.39 Å². The second-order valence-electron chi connectivity index (χ2n) is 10.7. The maximum Gasteiger partial charge on any atom is 0.257 e. The van der Waals surface area contributed by atoms with Crippen LogP contribution < -0.4 is 5.32 Å². The molecule has 3 aromatic rings. The molecule has 0 bridgehead atoms. The van der Waals surface area contributed by atoms with Crippen LogP contribution in [0, 0.1) is 17.7 Å². The maximum atomic E-state index is 16.0. The van der Waals surface area contributed by atoms with E-state index in [0.717, 1.165) is 25.7 Å². The number of carbonyl (C=O) groups excluding carboxylic acids is 2. The number of carbonyl (C=O) groups is 2. The molecule has 4 heterocycles. The van der Waals surface area contributed by atoms with Crippen molar-refractivity contribution in [1.82, 2.24) is 25.3 Å². The molecule has 208 valence electrons. The molecular weight excluding hydrogens is 505 g/mol. The Morgan fingerprint density at radius 1 is 1.18 bits per heavy atom. The number of halogens is 1. The van der Waals surface area contributed by atoms with Crippen LogP contribution in [0.25, 0.3) is 11.0 Å². The van der Waals surface area contributed by atoms with E-state index in [9.17, 15) is 9.59 Å². The van der Waals surface area contributed by atoms with Crippen molar-refractivity contribution < 1.29 is 28.0 Å². The SMILES string of the molecule is CCc1nocc1C(=O)N[C@H](c1nc2c(F)c([C@H]3COC[C@H]3C(=O)N3CCOCC3)ccc2[nH]1)C1CCCC1. The van der Waals surface area contributed by atoms with Crippen LogP contribution in [0.3, 0.4) is 0 Å². The van der Waals surface area contributed by atoms with Gasteiger partial charge in [0.1, 0.15) is 23.2 Å². The molecule has 1 saturated carbocycles. The third-order valence-corrected chi connectivity index (χ3v) is 8.44. The van der Waals surface area contributed by atoms with Crippen molar-refractivity contribution in [3.63, 3.8) is 0 Å². The lowest BCUT2D eigenvalue weighted by atomic mass is 9.87. The van der Waals surface area contributed by atoms with Crippen molar-refractivity contribution in [2.45, 2.75) is 51.0 Å². The Morgan fingerprint density at radius 2 is 1.97 bits per heavy atom. The predicted molar refractivity (Wildman–Crippen MR) is 139 cm³/mol. The summed E-state index contributed by atoms with van der Waals surface area (Å²) in [6.07, 6.45) is 5.98. The molecule has 2 aromatic heterocycles. The van der Waals surface area contributed by atoms with Gasteiger partial charge in [-0.3, -0.25) is 9.59 Å². The second kappa shape index (κ2) is 11.1. The van der Waals surface area contributed by atoms with Crippen LogP contribution in [0.15, 0.2) is 22.9 Å². The fraction of sp³-hybridized carbons (Fsp3) is 0.571. The Labute approximate surface area is 225 Å². The third kappa shape index (κ3) is 4.93. The first-order valence-electron chi connectivity index (χ1n) is 13.9. The van der Waals surface area contributed by atoms with Crippen molar-refractivity contribution >= 4 is 22.8 Å². The van der Waals surface area contributed by atoms with Crippen LogP contribution in [-0.4, -0.2) is 71.4 Å². The number of nitrogens with zero attached hydrogens (tertiary/aromatic N) is 3. The molecule has 10 nitrogen and oxygen atoms in total. The zero-order valence-corrected chi connectivity index (χ0v) is 22.1. The first-order valence-corrected chi connectivity index (χ1v) is 13.9. The van der Waals surface area contributed by atoms with E-state index in [0.29, 0.717) is 60.9 Å². The van der Waals surface area contributed by atoms with Crippen LogP contribution in [0.1, 0.15) is 72.0 Å². The summed E-state index contributed by atoms with van der Waals surface area (Å²) in [7, 11) is 0. The molecule has 0 radical (unpaired) electrons. The van der Waals surface area contributed by atoms with E-state index in [1.807, 2.05) is 13.0 Å². The molecule has 3 aliphatic rings. The number of amides is 2. The number of nitrogens with one attached hydrogen (secondary N) is 2. The summed E-state index contributed by atoms with van der Waals surface area (Å²) in [5.74, 6) is -0.882. The molecule has 0 unspecified atom stereocenters. The number of aromatic nitrogens is 3. The second-order valence-corrected chi connectivity index (χ2v) is 10.7. The van der Waals surface area contributed by atoms with Gasteiger partial charge in [-0.15, -0.1) is 0 Å². The van der Waals surface area contributed by atoms with Gasteiger partial charge >= 0.3 is 0 Å². The highest BCUT2D eigenvalue weighted by atomic mass is 19.1. The number of benzene rings is 1. The molecule has 3 fully saturated rings. The number of morpholine rings is 1. The number of rotatable bonds is 7. The first kappa shape index (κ1) is 25.9. The number of hydrogen-bond acceptors (Lipinski definition) is 7. The van der Waals surface area contributed by atoms with Crippen molar-refractivity contribution in [3.05, 3.63) is 46.9 Å². The van der Waals surface area contributed by atoms with E-state index in [4.69, 9.17) is 14.0 Å². The summed E-state index contributed by atoms with van der Waals surface area (Å²) >= 11 is 0. The number of H-pyrrole nitrogens is 1. The smallest absolute Gasteiger partial charge is 0.257 e. The molecule has 1 aliphatic carbocycles. The quantitative estimate of drug-likeness (QED) is 0.471. The summed E-state index contributed by atoms with van der Waals surface area (Å²) in [6.45, 7) is 4.55. The molecule has 3 atom stereocenters. The van der Waals surface area contributed by atoms with Gasteiger partial charge < -0.3 is 29.2 Å². The number of aromatic amines is 1. The van der Waals surface area contributed by atoms with Gasteiger partial charge in [-0.25, -0.2) is 9.37 Å². The Balaban J connectivity index is 1.29. The van der Waals surface area contributed by atoms with Gasteiger partial charge in [-0.1, -0.05) is 31.0 Å².